The summed E-state index contributed by atoms with van der Waals surface area (Å²) in [5.41, 5.74) is 0.158. The molecule has 0 aliphatic rings. The molecule has 21 heavy (non-hydrogen) atoms. The largest absolute Gasteiger partial charge is 0.357 e. The predicted molar refractivity (Wildman–Crippen MR) is 95.0 cm³/mol. The molecule has 0 aromatic heterocycles. The highest BCUT2D eigenvalue weighted by molar-refractivity contribution is 5.79. The number of guanidine groups is 1. The lowest BCUT2D eigenvalue weighted by Crippen LogP contribution is -2.41. The van der Waals surface area contributed by atoms with Crippen LogP contribution in [-0.2, 0) is 0 Å². The second-order valence-corrected chi connectivity index (χ2v) is 6.47. The number of rotatable bonds is 10. The first kappa shape index (κ1) is 20.0. The Morgan fingerprint density at radius 2 is 1.95 bits per heavy atom. The molecule has 0 aliphatic heterocycles. The zero-order valence-corrected chi connectivity index (χ0v) is 14.8. The van der Waals surface area contributed by atoms with Gasteiger partial charge in [0, 0.05) is 32.2 Å². The maximum absolute atomic E-state index is 4.68. The van der Waals surface area contributed by atoms with Crippen LogP contribution in [0.3, 0.4) is 0 Å². The van der Waals surface area contributed by atoms with Crippen LogP contribution < -0.4 is 10.6 Å². The topological polar surface area (TPSA) is 39.7 Å². The van der Waals surface area contributed by atoms with Crippen LogP contribution in [0.1, 0.15) is 53.4 Å². The van der Waals surface area contributed by atoms with Gasteiger partial charge in [-0.3, -0.25) is 4.99 Å². The van der Waals surface area contributed by atoms with E-state index in [0.29, 0.717) is 0 Å². The molecule has 0 atom stereocenters. The lowest BCUT2D eigenvalue weighted by molar-refractivity contribution is 0.428. The molecule has 124 valence electrons. The van der Waals surface area contributed by atoms with Gasteiger partial charge in [0.2, 0.25) is 0 Å². The summed E-state index contributed by atoms with van der Waals surface area (Å²) in [7, 11) is 2.12. The zero-order valence-electron chi connectivity index (χ0n) is 14.8. The van der Waals surface area contributed by atoms with Crippen LogP contribution in [0.2, 0.25) is 0 Å². The molecule has 4 nitrogen and oxygen atoms in total. The first-order chi connectivity index (χ1) is 9.90. The summed E-state index contributed by atoms with van der Waals surface area (Å²) < 4.78 is 0. The van der Waals surface area contributed by atoms with Crippen molar-refractivity contribution in [1.29, 1.82) is 0 Å². The van der Waals surface area contributed by atoms with Gasteiger partial charge in [0.25, 0.3) is 0 Å². The molecule has 0 aromatic rings. The molecule has 0 fully saturated rings. The van der Waals surface area contributed by atoms with E-state index in [1.165, 1.54) is 19.3 Å². The zero-order chi connectivity index (χ0) is 16.1. The minimum Gasteiger partial charge on any atom is -0.357 e. The fourth-order valence-corrected chi connectivity index (χ4v) is 1.98. The van der Waals surface area contributed by atoms with Crippen LogP contribution in [0.4, 0.5) is 0 Å². The molecule has 0 radical (unpaired) electrons. The van der Waals surface area contributed by atoms with E-state index in [0.717, 1.165) is 38.6 Å². The van der Waals surface area contributed by atoms with Gasteiger partial charge >= 0.3 is 0 Å². The summed E-state index contributed by atoms with van der Waals surface area (Å²) in [5.74, 6) is 1.01. The van der Waals surface area contributed by atoms with Crippen molar-refractivity contribution in [2.24, 2.45) is 4.99 Å². The summed E-state index contributed by atoms with van der Waals surface area (Å²) in [6.45, 7) is 16.1. The second-order valence-electron chi connectivity index (χ2n) is 6.47. The maximum Gasteiger partial charge on any atom is 0.193 e. The number of nitrogens with zero attached hydrogens (tertiary/aromatic N) is 2. The number of nitrogens with one attached hydrogen (secondary N) is 2. The number of hydrogen-bond acceptors (Lipinski definition) is 2. The van der Waals surface area contributed by atoms with Gasteiger partial charge in [0.15, 0.2) is 5.96 Å². The first-order valence-electron chi connectivity index (χ1n) is 8.26. The van der Waals surface area contributed by atoms with Crippen LogP contribution >= 0.6 is 0 Å². The van der Waals surface area contributed by atoms with Gasteiger partial charge in [-0.2, -0.15) is 0 Å². The molecule has 0 spiro atoms. The summed E-state index contributed by atoms with van der Waals surface area (Å²) in [6, 6.07) is 0. The molecule has 0 rings (SSSR count). The third kappa shape index (κ3) is 12.4. The van der Waals surface area contributed by atoms with Crippen molar-refractivity contribution in [1.82, 2.24) is 15.5 Å². The predicted octanol–water partition coefficient (Wildman–Crippen LogP) is 3.02. The average Bonchev–Trinajstić information content (AvgIpc) is 2.40. The molecule has 0 saturated carbocycles. The Balaban J connectivity index is 4.09. The van der Waals surface area contributed by atoms with Gasteiger partial charge in [0.05, 0.1) is 6.54 Å². The van der Waals surface area contributed by atoms with E-state index < -0.39 is 0 Å². The fourth-order valence-electron chi connectivity index (χ4n) is 1.98. The van der Waals surface area contributed by atoms with Crippen molar-refractivity contribution in [2.75, 3.05) is 33.2 Å². The highest BCUT2D eigenvalue weighted by Gasteiger charge is 2.08. The van der Waals surface area contributed by atoms with E-state index in [4.69, 9.17) is 0 Å². The van der Waals surface area contributed by atoms with Gasteiger partial charge in [-0.1, -0.05) is 12.5 Å². The molecule has 0 saturated heterocycles. The molecule has 0 bridgehead atoms. The Kier molecular flexibility index (Phi) is 11.0. The van der Waals surface area contributed by atoms with E-state index in [-0.39, 0.29) is 5.54 Å². The van der Waals surface area contributed by atoms with Gasteiger partial charge in [-0.15, -0.1) is 6.58 Å². The minimum atomic E-state index is 0.158. The molecule has 0 unspecified atom stereocenters. The first-order valence-corrected chi connectivity index (χ1v) is 8.26. The van der Waals surface area contributed by atoms with Crippen LogP contribution in [0.25, 0.3) is 0 Å². The van der Waals surface area contributed by atoms with Crippen LogP contribution in [0.5, 0.6) is 0 Å². The summed E-state index contributed by atoms with van der Waals surface area (Å²) in [6.07, 6.45) is 6.81. The minimum absolute atomic E-state index is 0.158. The highest BCUT2D eigenvalue weighted by atomic mass is 15.3. The monoisotopic (exact) mass is 296 g/mol. The lowest BCUT2D eigenvalue weighted by atomic mass is 10.1. The maximum atomic E-state index is 4.68. The van der Waals surface area contributed by atoms with Crippen LogP contribution in [0.15, 0.2) is 17.6 Å². The third-order valence-electron chi connectivity index (χ3n) is 3.13. The standard InChI is InChI=1S/C17H36N4/c1-7-9-10-11-12-15-21(6)16(18-8-2)19-13-14-20-17(3,4)5/h7,20H,1,8-15H2,2-6H3,(H,18,19). The molecule has 4 heteroatoms. The van der Waals surface area contributed by atoms with E-state index in [1.807, 2.05) is 6.08 Å². The van der Waals surface area contributed by atoms with Crippen molar-refractivity contribution in [2.45, 2.75) is 58.9 Å². The van der Waals surface area contributed by atoms with Crippen molar-refractivity contribution >= 4 is 5.96 Å². The smallest absolute Gasteiger partial charge is 0.193 e. The second kappa shape index (κ2) is 11.6. The number of unbranched alkanes of at least 4 members (excludes halogenated alkanes) is 3. The number of hydrogen-bond donors (Lipinski definition) is 2. The Morgan fingerprint density at radius 1 is 1.24 bits per heavy atom. The molecule has 0 aromatic carbocycles. The van der Waals surface area contributed by atoms with E-state index >= 15 is 0 Å². The van der Waals surface area contributed by atoms with Gasteiger partial charge in [0.1, 0.15) is 0 Å². The van der Waals surface area contributed by atoms with Crippen molar-refractivity contribution in [3.8, 4) is 0 Å². The van der Waals surface area contributed by atoms with E-state index in [1.54, 1.807) is 0 Å². The van der Waals surface area contributed by atoms with Gasteiger partial charge in [-0.25, -0.2) is 0 Å². The summed E-state index contributed by atoms with van der Waals surface area (Å²) in [4.78, 5) is 6.91. The normalized spacial score (nSPS) is 12.3. The van der Waals surface area contributed by atoms with Crippen molar-refractivity contribution in [3.05, 3.63) is 12.7 Å². The summed E-state index contributed by atoms with van der Waals surface area (Å²) in [5, 5.41) is 6.83. The quantitative estimate of drug-likeness (QED) is 0.282. The Labute approximate surface area is 132 Å². The Bertz CT molecular complexity index is 292. The van der Waals surface area contributed by atoms with Gasteiger partial charge in [-0.05, 0) is 47.0 Å². The van der Waals surface area contributed by atoms with Crippen molar-refractivity contribution in [3.63, 3.8) is 0 Å². The SMILES string of the molecule is C=CCCCCCN(C)C(=NCCNC(C)(C)C)NCC. The van der Waals surface area contributed by atoms with Crippen LogP contribution in [-0.4, -0.2) is 49.6 Å². The third-order valence-corrected chi connectivity index (χ3v) is 3.13. The Morgan fingerprint density at radius 3 is 2.52 bits per heavy atom. The van der Waals surface area contributed by atoms with Gasteiger partial charge < -0.3 is 15.5 Å². The molecular formula is C17H36N4. The Hall–Kier alpha value is -1.03. The van der Waals surface area contributed by atoms with E-state index in [9.17, 15) is 0 Å². The molecule has 0 heterocycles. The summed E-state index contributed by atoms with van der Waals surface area (Å²) >= 11 is 0. The fraction of sp³-hybridized carbons (Fsp3) is 0.824. The highest BCUT2D eigenvalue weighted by Crippen LogP contribution is 2.02. The molecule has 0 aliphatic carbocycles. The average molecular weight is 297 g/mol. The molecular weight excluding hydrogens is 260 g/mol. The van der Waals surface area contributed by atoms with Crippen LogP contribution in [0, 0.1) is 0 Å². The number of aliphatic imine (C=N–C) groups is 1. The lowest BCUT2D eigenvalue weighted by Gasteiger charge is -2.23. The number of allylic oxidation sites excluding steroid dienone is 1. The van der Waals surface area contributed by atoms with Crippen molar-refractivity contribution < 1.29 is 0 Å². The van der Waals surface area contributed by atoms with E-state index in [2.05, 4.69) is 61.8 Å². The molecule has 2 N–H and O–H groups in total. The molecule has 0 amide bonds.